The molecular weight excluding hydrogens is 265 g/mol. The van der Waals surface area contributed by atoms with Gasteiger partial charge in [0.1, 0.15) is 0 Å². The van der Waals surface area contributed by atoms with Gasteiger partial charge in [0, 0.05) is 28.0 Å². The fraction of sp³-hybridized carbons (Fsp3) is 0.600. The van der Waals surface area contributed by atoms with Gasteiger partial charge >= 0.3 is 0 Å². The highest BCUT2D eigenvalue weighted by Gasteiger charge is 2.44. The molecule has 2 rings (SSSR count). The molecule has 0 spiro atoms. The van der Waals surface area contributed by atoms with Crippen molar-refractivity contribution in [1.29, 1.82) is 0 Å². The monoisotopic (exact) mass is 285 g/mol. The van der Waals surface area contributed by atoms with Crippen LogP contribution < -0.4 is 5.32 Å². The Kier molecular flexibility index (Phi) is 4.25. The second kappa shape index (κ2) is 5.40. The van der Waals surface area contributed by atoms with E-state index in [1.165, 1.54) is 18.4 Å². The first-order valence-corrected chi connectivity index (χ1v) is 7.37. The Labute approximate surface area is 120 Å². The molecule has 1 aromatic rings. The minimum Gasteiger partial charge on any atom is -0.314 e. The zero-order chi connectivity index (χ0) is 13.3. The molecule has 0 saturated heterocycles. The van der Waals surface area contributed by atoms with Crippen LogP contribution in [0.15, 0.2) is 18.2 Å². The number of halogens is 2. The molecule has 1 aliphatic rings. The van der Waals surface area contributed by atoms with E-state index in [1.54, 1.807) is 0 Å². The average Bonchev–Trinajstić information content (AvgIpc) is 2.23. The van der Waals surface area contributed by atoms with Gasteiger partial charge in [-0.05, 0) is 36.5 Å². The molecule has 0 aliphatic heterocycles. The summed E-state index contributed by atoms with van der Waals surface area (Å²) in [5.41, 5.74) is 1.45. The lowest BCUT2D eigenvalue weighted by atomic mass is 9.59. The molecule has 18 heavy (non-hydrogen) atoms. The van der Waals surface area contributed by atoms with E-state index in [4.69, 9.17) is 23.2 Å². The Morgan fingerprint density at radius 3 is 2.50 bits per heavy atom. The van der Waals surface area contributed by atoms with Crippen molar-refractivity contribution in [2.75, 3.05) is 6.54 Å². The van der Waals surface area contributed by atoms with Gasteiger partial charge in [-0.25, -0.2) is 0 Å². The third-order valence-corrected chi connectivity index (χ3v) is 4.38. The van der Waals surface area contributed by atoms with Crippen molar-refractivity contribution in [2.24, 2.45) is 5.92 Å². The number of hydrogen-bond donors (Lipinski definition) is 1. The lowest BCUT2D eigenvalue weighted by Crippen LogP contribution is -2.49. The largest absolute Gasteiger partial charge is 0.314 e. The smallest absolute Gasteiger partial charge is 0.0458 e. The minimum absolute atomic E-state index is 0.200. The van der Waals surface area contributed by atoms with E-state index in [2.05, 4.69) is 32.2 Å². The summed E-state index contributed by atoms with van der Waals surface area (Å²) in [4.78, 5) is 0. The van der Waals surface area contributed by atoms with Gasteiger partial charge < -0.3 is 5.32 Å². The zero-order valence-electron chi connectivity index (χ0n) is 11.3. The van der Waals surface area contributed by atoms with Crippen molar-refractivity contribution in [2.45, 2.75) is 45.1 Å². The molecule has 0 amide bonds. The summed E-state index contributed by atoms with van der Waals surface area (Å²) in [7, 11) is 0. The predicted molar refractivity (Wildman–Crippen MR) is 79.7 cm³/mol. The second-order valence-corrected chi connectivity index (χ2v) is 6.80. The third kappa shape index (κ3) is 2.84. The van der Waals surface area contributed by atoms with Crippen molar-refractivity contribution >= 4 is 23.2 Å². The molecule has 1 aromatic carbocycles. The predicted octanol–water partition coefficient (Wildman–Crippen LogP) is 4.66. The van der Waals surface area contributed by atoms with Crippen molar-refractivity contribution in [1.82, 2.24) is 5.32 Å². The fourth-order valence-electron chi connectivity index (χ4n) is 3.05. The highest BCUT2D eigenvalue weighted by atomic mass is 35.5. The van der Waals surface area contributed by atoms with Crippen LogP contribution in [-0.4, -0.2) is 12.6 Å². The van der Waals surface area contributed by atoms with Gasteiger partial charge in [-0.15, -0.1) is 0 Å². The zero-order valence-corrected chi connectivity index (χ0v) is 12.8. The van der Waals surface area contributed by atoms with Crippen LogP contribution in [0.3, 0.4) is 0 Å². The molecule has 0 aromatic heterocycles. The molecule has 100 valence electrons. The summed E-state index contributed by atoms with van der Waals surface area (Å²) in [5, 5.41) is 5.07. The topological polar surface area (TPSA) is 12.0 Å². The summed E-state index contributed by atoms with van der Waals surface area (Å²) >= 11 is 12.4. The third-order valence-electron chi connectivity index (χ3n) is 3.83. The van der Waals surface area contributed by atoms with Gasteiger partial charge in [-0.3, -0.25) is 0 Å². The number of nitrogens with one attached hydrogen (secondary N) is 1. The van der Waals surface area contributed by atoms with Crippen LogP contribution in [0.1, 0.15) is 39.2 Å². The molecule has 0 unspecified atom stereocenters. The highest BCUT2D eigenvalue weighted by Crippen LogP contribution is 2.49. The molecular formula is C15H21Cl2N. The molecule has 3 heteroatoms. The van der Waals surface area contributed by atoms with Gasteiger partial charge in [0.25, 0.3) is 0 Å². The summed E-state index contributed by atoms with van der Waals surface area (Å²) in [5.74, 6) is 0.783. The van der Waals surface area contributed by atoms with E-state index < -0.39 is 0 Å². The van der Waals surface area contributed by atoms with Gasteiger partial charge in [0.15, 0.2) is 0 Å². The molecule has 0 atom stereocenters. The molecule has 1 nitrogen and oxygen atoms in total. The minimum atomic E-state index is 0.200. The van der Waals surface area contributed by atoms with E-state index >= 15 is 0 Å². The van der Waals surface area contributed by atoms with Crippen LogP contribution in [0.4, 0.5) is 0 Å². The molecule has 0 bridgehead atoms. The van der Waals surface area contributed by atoms with Crippen LogP contribution in [0.5, 0.6) is 0 Å². The standard InChI is InChI=1S/C15H21Cl2N/c1-10(2)18-9-15(7-11(3)8-15)13-5-4-12(16)6-14(13)17/h4-6,10-11,18H,7-9H2,1-3H3. The first-order valence-electron chi connectivity index (χ1n) is 6.62. The quantitative estimate of drug-likeness (QED) is 0.849. The molecule has 0 radical (unpaired) electrons. The van der Waals surface area contributed by atoms with Gasteiger partial charge in [0.2, 0.25) is 0 Å². The Bertz CT molecular complexity index is 423. The SMILES string of the molecule is CC1CC(CNC(C)C)(c2ccc(Cl)cc2Cl)C1. The molecule has 1 fully saturated rings. The summed E-state index contributed by atoms with van der Waals surface area (Å²) in [6.45, 7) is 7.66. The Morgan fingerprint density at radius 1 is 1.33 bits per heavy atom. The Hall–Kier alpha value is -0.240. The maximum absolute atomic E-state index is 6.38. The maximum atomic E-state index is 6.38. The summed E-state index contributed by atoms with van der Waals surface area (Å²) in [6, 6.07) is 6.41. The first kappa shape index (κ1) is 14.2. The van der Waals surface area contributed by atoms with E-state index in [0.29, 0.717) is 11.1 Å². The van der Waals surface area contributed by atoms with Crippen LogP contribution in [0, 0.1) is 5.92 Å². The van der Waals surface area contributed by atoms with Crippen LogP contribution in [0.2, 0.25) is 10.0 Å². The van der Waals surface area contributed by atoms with E-state index in [1.807, 2.05) is 12.1 Å². The van der Waals surface area contributed by atoms with Crippen LogP contribution in [-0.2, 0) is 5.41 Å². The first-order chi connectivity index (χ1) is 8.43. The Morgan fingerprint density at radius 2 is 2.00 bits per heavy atom. The maximum Gasteiger partial charge on any atom is 0.0458 e. The number of benzene rings is 1. The number of hydrogen-bond acceptors (Lipinski definition) is 1. The lowest BCUT2D eigenvalue weighted by molar-refractivity contribution is 0.149. The van der Waals surface area contributed by atoms with Gasteiger partial charge in [-0.2, -0.15) is 0 Å². The second-order valence-electron chi connectivity index (χ2n) is 5.95. The van der Waals surface area contributed by atoms with E-state index in [0.717, 1.165) is 17.5 Å². The van der Waals surface area contributed by atoms with Crippen molar-refractivity contribution < 1.29 is 0 Å². The van der Waals surface area contributed by atoms with Crippen molar-refractivity contribution in [3.8, 4) is 0 Å². The summed E-state index contributed by atoms with van der Waals surface area (Å²) < 4.78 is 0. The number of rotatable bonds is 4. The lowest BCUT2D eigenvalue weighted by Gasteiger charge is -2.48. The molecule has 1 N–H and O–H groups in total. The average molecular weight is 286 g/mol. The normalized spacial score (nSPS) is 27.3. The molecule has 1 saturated carbocycles. The molecule has 0 heterocycles. The fourth-order valence-corrected chi connectivity index (χ4v) is 3.66. The van der Waals surface area contributed by atoms with Crippen LogP contribution >= 0.6 is 23.2 Å². The van der Waals surface area contributed by atoms with Gasteiger partial charge in [0.05, 0.1) is 0 Å². The van der Waals surface area contributed by atoms with E-state index in [-0.39, 0.29) is 5.41 Å². The molecule has 1 aliphatic carbocycles. The van der Waals surface area contributed by atoms with Gasteiger partial charge in [-0.1, -0.05) is 50.0 Å². The highest BCUT2D eigenvalue weighted by molar-refractivity contribution is 6.35. The van der Waals surface area contributed by atoms with Crippen molar-refractivity contribution in [3.63, 3.8) is 0 Å². The van der Waals surface area contributed by atoms with Crippen molar-refractivity contribution in [3.05, 3.63) is 33.8 Å². The van der Waals surface area contributed by atoms with Crippen LogP contribution in [0.25, 0.3) is 0 Å². The summed E-state index contributed by atoms with van der Waals surface area (Å²) in [6.07, 6.45) is 2.40. The van der Waals surface area contributed by atoms with E-state index in [9.17, 15) is 0 Å². The Balaban J connectivity index is 2.24.